The summed E-state index contributed by atoms with van der Waals surface area (Å²) in [6, 6.07) is 17.1. The van der Waals surface area contributed by atoms with Gasteiger partial charge in [0.25, 0.3) is 10.0 Å². The molecule has 0 spiro atoms. The average molecular weight is 463 g/mol. The number of benzene rings is 2. The minimum atomic E-state index is -3.72. The van der Waals surface area contributed by atoms with Crippen LogP contribution >= 0.6 is 0 Å². The van der Waals surface area contributed by atoms with Crippen molar-refractivity contribution >= 4 is 33.1 Å². The number of fused-ring (bicyclic) bond motifs is 1. The number of pyridine rings is 1. The number of imidazole rings is 1. The molecule has 1 aliphatic carbocycles. The van der Waals surface area contributed by atoms with E-state index in [9.17, 15) is 13.2 Å². The van der Waals surface area contributed by atoms with Crippen LogP contribution in [0.4, 0.5) is 11.5 Å². The highest BCUT2D eigenvalue weighted by molar-refractivity contribution is 7.92. The van der Waals surface area contributed by atoms with Gasteiger partial charge in [0.15, 0.2) is 5.82 Å². The van der Waals surface area contributed by atoms with Crippen LogP contribution in [-0.4, -0.2) is 23.7 Å². The zero-order chi connectivity index (χ0) is 23.0. The topological polar surface area (TPSA) is 102 Å². The fourth-order valence-corrected chi connectivity index (χ4v) is 4.79. The van der Waals surface area contributed by atoms with Crippen molar-refractivity contribution in [2.45, 2.75) is 24.7 Å². The molecule has 1 saturated carbocycles. The number of aryl methyl sites for hydroxylation is 1. The van der Waals surface area contributed by atoms with E-state index in [1.807, 2.05) is 0 Å². The second kappa shape index (κ2) is 8.25. The van der Waals surface area contributed by atoms with Gasteiger partial charge in [-0.1, -0.05) is 24.3 Å². The lowest BCUT2D eigenvalue weighted by Gasteiger charge is -2.12. The fraction of sp³-hybridized carbons (Fsp3) is 0.167. The number of amides is 1. The molecule has 0 atom stereocenters. The standard InChI is InChI=1S/C24H22N4O4S/c1-16-5-2-3-8-21(16)33(30,31)27-18-6-4-7-19(13-18)32-20-11-12-23-25-22(15-28(23)14-20)26-24(29)17-9-10-17/h2-8,11-15,17,27H,9-10H2,1H3,(H,26,29). The maximum Gasteiger partial charge on any atom is 0.262 e. The van der Waals surface area contributed by atoms with Crippen LogP contribution in [-0.2, 0) is 14.8 Å². The molecule has 0 unspecified atom stereocenters. The third-order valence-corrected chi connectivity index (χ3v) is 6.87. The minimum Gasteiger partial charge on any atom is -0.456 e. The van der Waals surface area contributed by atoms with Gasteiger partial charge in [-0.3, -0.25) is 9.52 Å². The average Bonchev–Trinajstić information content (AvgIpc) is 3.55. The minimum absolute atomic E-state index is 0.000145. The van der Waals surface area contributed by atoms with Crippen LogP contribution in [0.25, 0.3) is 5.65 Å². The highest BCUT2D eigenvalue weighted by Crippen LogP contribution is 2.30. The quantitative estimate of drug-likeness (QED) is 0.418. The Bertz CT molecular complexity index is 1460. The zero-order valence-corrected chi connectivity index (χ0v) is 18.7. The predicted molar refractivity (Wildman–Crippen MR) is 125 cm³/mol. The molecular formula is C24H22N4O4S. The molecule has 0 saturated heterocycles. The van der Waals surface area contributed by atoms with E-state index < -0.39 is 10.0 Å². The Balaban J connectivity index is 1.33. The molecule has 168 valence electrons. The molecule has 0 bridgehead atoms. The van der Waals surface area contributed by atoms with E-state index in [0.29, 0.717) is 34.2 Å². The van der Waals surface area contributed by atoms with Gasteiger partial charge in [-0.2, -0.15) is 0 Å². The number of carbonyl (C=O) groups excluding carboxylic acids is 1. The van der Waals surface area contributed by atoms with E-state index in [4.69, 9.17) is 4.74 Å². The summed E-state index contributed by atoms with van der Waals surface area (Å²) >= 11 is 0. The summed E-state index contributed by atoms with van der Waals surface area (Å²) in [6.07, 6.45) is 5.34. The molecule has 0 aliphatic heterocycles. The van der Waals surface area contributed by atoms with Gasteiger partial charge in [0, 0.05) is 12.0 Å². The molecular weight excluding hydrogens is 440 g/mol. The van der Waals surface area contributed by atoms with Crippen LogP contribution in [0.3, 0.4) is 0 Å². The third kappa shape index (κ3) is 4.68. The van der Waals surface area contributed by atoms with Crippen molar-refractivity contribution < 1.29 is 17.9 Å². The molecule has 2 aromatic heterocycles. The number of aromatic nitrogens is 2. The molecule has 9 heteroatoms. The number of ether oxygens (including phenoxy) is 1. The van der Waals surface area contributed by atoms with E-state index in [-0.39, 0.29) is 16.7 Å². The Labute approximate surface area is 191 Å². The number of nitrogens with one attached hydrogen (secondary N) is 2. The van der Waals surface area contributed by atoms with Crippen molar-refractivity contribution in [2.75, 3.05) is 10.0 Å². The predicted octanol–water partition coefficient (Wildman–Crippen LogP) is 4.58. The first kappa shape index (κ1) is 21.0. The van der Waals surface area contributed by atoms with Gasteiger partial charge in [0.2, 0.25) is 5.91 Å². The summed E-state index contributed by atoms with van der Waals surface area (Å²) < 4.78 is 35.9. The molecule has 8 nitrogen and oxygen atoms in total. The third-order valence-electron chi connectivity index (χ3n) is 5.33. The number of sulfonamides is 1. The first-order chi connectivity index (χ1) is 15.9. The Morgan fingerprint density at radius 1 is 1.03 bits per heavy atom. The Kier molecular flexibility index (Phi) is 5.26. The van der Waals surface area contributed by atoms with Gasteiger partial charge in [0.05, 0.1) is 23.0 Å². The van der Waals surface area contributed by atoms with Crippen molar-refractivity contribution in [1.29, 1.82) is 0 Å². The smallest absolute Gasteiger partial charge is 0.262 e. The van der Waals surface area contributed by atoms with Crippen LogP contribution in [0.1, 0.15) is 18.4 Å². The van der Waals surface area contributed by atoms with E-state index in [1.54, 1.807) is 84.4 Å². The van der Waals surface area contributed by atoms with Gasteiger partial charge in [-0.25, -0.2) is 13.4 Å². The van der Waals surface area contributed by atoms with Gasteiger partial charge in [0.1, 0.15) is 17.1 Å². The summed E-state index contributed by atoms with van der Waals surface area (Å²) in [5, 5.41) is 2.83. The molecule has 4 aromatic rings. The van der Waals surface area contributed by atoms with Gasteiger partial charge in [-0.05, 0) is 55.7 Å². The Morgan fingerprint density at radius 3 is 2.64 bits per heavy atom. The molecule has 2 heterocycles. The Hall–Kier alpha value is -3.85. The van der Waals surface area contributed by atoms with Crippen LogP contribution in [0, 0.1) is 12.8 Å². The molecule has 5 rings (SSSR count). The highest BCUT2D eigenvalue weighted by Gasteiger charge is 2.30. The normalized spacial score (nSPS) is 13.6. The van der Waals surface area contributed by atoms with E-state index in [1.165, 1.54) is 0 Å². The van der Waals surface area contributed by atoms with Gasteiger partial charge < -0.3 is 14.5 Å². The summed E-state index contributed by atoms with van der Waals surface area (Å²) in [4.78, 5) is 16.6. The highest BCUT2D eigenvalue weighted by atomic mass is 32.2. The molecule has 0 radical (unpaired) electrons. The van der Waals surface area contributed by atoms with Crippen molar-refractivity contribution in [1.82, 2.24) is 9.38 Å². The van der Waals surface area contributed by atoms with Crippen molar-refractivity contribution in [3.8, 4) is 11.5 Å². The van der Waals surface area contributed by atoms with Crippen molar-refractivity contribution in [3.63, 3.8) is 0 Å². The SMILES string of the molecule is Cc1ccccc1S(=O)(=O)Nc1cccc(Oc2ccc3nc(NC(=O)C4CC4)cn3c2)c1. The number of hydrogen-bond acceptors (Lipinski definition) is 5. The van der Waals surface area contributed by atoms with E-state index in [2.05, 4.69) is 15.0 Å². The largest absolute Gasteiger partial charge is 0.456 e. The van der Waals surface area contributed by atoms with Crippen LogP contribution < -0.4 is 14.8 Å². The number of hydrogen-bond donors (Lipinski definition) is 2. The molecule has 1 aliphatic rings. The van der Waals surface area contributed by atoms with E-state index >= 15 is 0 Å². The van der Waals surface area contributed by atoms with Gasteiger partial charge >= 0.3 is 0 Å². The van der Waals surface area contributed by atoms with Crippen LogP contribution in [0.5, 0.6) is 11.5 Å². The molecule has 2 aromatic carbocycles. The lowest BCUT2D eigenvalue weighted by Crippen LogP contribution is -2.14. The lowest BCUT2D eigenvalue weighted by atomic mass is 10.2. The zero-order valence-electron chi connectivity index (χ0n) is 17.9. The number of carbonyl (C=O) groups is 1. The number of nitrogens with zero attached hydrogens (tertiary/aromatic N) is 2. The summed E-state index contributed by atoms with van der Waals surface area (Å²) in [7, 11) is -3.72. The van der Waals surface area contributed by atoms with Gasteiger partial charge in [-0.15, -0.1) is 0 Å². The second-order valence-corrected chi connectivity index (χ2v) is 9.67. The van der Waals surface area contributed by atoms with Crippen molar-refractivity contribution in [2.24, 2.45) is 5.92 Å². The molecule has 33 heavy (non-hydrogen) atoms. The van der Waals surface area contributed by atoms with Crippen LogP contribution in [0.2, 0.25) is 0 Å². The maximum absolute atomic E-state index is 12.8. The summed E-state index contributed by atoms with van der Waals surface area (Å²) in [5.74, 6) is 1.61. The molecule has 1 amide bonds. The second-order valence-electron chi connectivity index (χ2n) is 8.02. The fourth-order valence-electron chi connectivity index (χ4n) is 3.49. The first-order valence-electron chi connectivity index (χ1n) is 10.5. The summed E-state index contributed by atoms with van der Waals surface area (Å²) in [5.41, 5.74) is 1.73. The monoisotopic (exact) mass is 462 g/mol. The number of anilines is 2. The molecule has 1 fully saturated rings. The lowest BCUT2D eigenvalue weighted by molar-refractivity contribution is -0.117. The van der Waals surface area contributed by atoms with E-state index in [0.717, 1.165) is 12.8 Å². The summed E-state index contributed by atoms with van der Waals surface area (Å²) in [6.45, 7) is 1.75. The Morgan fingerprint density at radius 2 is 1.85 bits per heavy atom. The molecule has 2 N–H and O–H groups in total. The number of rotatable bonds is 7. The first-order valence-corrected chi connectivity index (χ1v) is 12.0. The van der Waals surface area contributed by atoms with Crippen LogP contribution in [0.15, 0.2) is 78.0 Å². The maximum atomic E-state index is 12.8. The van der Waals surface area contributed by atoms with Crippen molar-refractivity contribution in [3.05, 3.63) is 78.6 Å².